The van der Waals surface area contributed by atoms with Gasteiger partial charge in [-0.15, -0.1) is 11.8 Å². The van der Waals surface area contributed by atoms with Gasteiger partial charge in [0.2, 0.25) is 10.8 Å². The van der Waals surface area contributed by atoms with Crippen LogP contribution in [0.15, 0.2) is 95.4 Å². The summed E-state index contributed by atoms with van der Waals surface area (Å²) < 4.78 is 6.18. The van der Waals surface area contributed by atoms with Gasteiger partial charge in [0.25, 0.3) is 5.91 Å². The topological polar surface area (TPSA) is 60.2 Å². The van der Waals surface area contributed by atoms with E-state index in [1.807, 2.05) is 78.6 Å². The first-order valence-corrected chi connectivity index (χ1v) is 15.7. The predicted octanol–water partition coefficient (Wildman–Crippen LogP) is 6.34. The van der Waals surface area contributed by atoms with Crippen LogP contribution in [0.3, 0.4) is 0 Å². The van der Waals surface area contributed by atoms with E-state index in [2.05, 4.69) is 41.0 Å². The fourth-order valence-corrected chi connectivity index (χ4v) is 8.43. The number of furan rings is 1. The molecule has 2 saturated heterocycles. The minimum absolute atomic E-state index is 0.0674. The molecule has 8 rings (SSSR count). The normalized spacial score (nSPS) is 22.5. The number of para-hydroxylation sites is 2. The van der Waals surface area contributed by atoms with Gasteiger partial charge in [-0.05, 0) is 55.8 Å². The summed E-state index contributed by atoms with van der Waals surface area (Å²) in [6.07, 6.45) is 0. The Morgan fingerprint density at radius 3 is 2.42 bits per heavy atom. The average molecular weight is 589 g/mol. The third kappa shape index (κ3) is 4.00. The van der Waals surface area contributed by atoms with Crippen molar-refractivity contribution in [3.8, 4) is 0 Å². The van der Waals surface area contributed by atoms with E-state index < -0.39 is 4.87 Å². The molecule has 0 radical (unpaired) electrons. The zero-order valence-corrected chi connectivity index (χ0v) is 25.0. The SMILES string of the molecule is Cc1cccc(N2CCN(CN3C(=O)[C@]4(S[C@H](C)C(=O)N4c4ccc5c(c4)oc4ccccc45)c4ccccc43)CC2)c1. The van der Waals surface area contributed by atoms with Crippen molar-refractivity contribution < 1.29 is 14.0 Å². The Balaban J connectivity index is 1.13. The van der Waals surface area contributed by atoms with Crippen LogP contribution < -0.4 is 14.7 Å². The maximum atomic E-state index is 14.7. The van der Waals surface area contributed by atoms with Gasteiger partial charge in [-0.25, -0.2) is 0 Å². The van der Waals surface area contributed by atoms with Crippen LogP contribution >= 0.6 is 11.8 Å². The number of thioether (sulfide) groups is 1. The van der Waals surface area contributed by atoms with Crippen molar-refractivity contribution in [3.63, 3.8) is 0 Å². The summed E-state index contributed by atoms with van der Waals surface area (Å²) in [5.41, 5.74) is 6.41. The molecule has 0 bridgehead atoms. The number of fused-ring (bicyclic) bond motifs is 5. The quantitative estimate of drug-likeness (QED) is 0.244. The van der Waals surface area contributed by atoms with E-state index in [9.17, 15) is 9.59 Å². The lowest BCUT2D eigenvalue weighted by Crippen LogP contribution is -2.54. The van der Waals surface area contributed by atoms with Crippen molar-refractivity contribution in [2.24, 2.45) is 0 Å². The minimum atomic E-state index is -1.17. The van der Waals surface area contributed by atoms with Crippen LogP contribution in [0.25, 0.3) is 21.9 Å². The van der Waals surface area contributed by atoms with Crippen LogP contribution in [0.2, 0.25) is 0 Å². The van der Waals surface area contributed by atoms with Crippen molar-refractivity contribution >= 4 is 62.6 Å². The molecular weight excluding hydrogens is 556 g/mol. The van der Waals surface area contributed by atoms with Crippen LogP contribution in [0, 0.1) is 6.92 Å². The van der Waals surface area contributed by atoms with Crippen molar-refractivity contribution in [1.82, 2.24) is 4.90 Å². The van der Waals surface area contributed by atoms with Gasteiger partial charge in [-0.1, -0.05) is 48.5 Å². The Hall–Kier alpha value is -4.27. The highest BCUT2D eigenvalue weighted by atomic mass is 32.2. The first-order chi connectivity index (χ1) is 20.9. The second-order valence-electron chi connectivity index (χ2n) is 11.7. The molecule has 0 N–H and O–H groups in total. The van der Waals surface area contributed by atoms with Crippen molar-refractivity contribution in [1.29, 1.82) is 0 Å². The number of hydrogen-bond acceptors (Lipinski definition) is 6. The fourth-order valence-electron chi connectivity index (χ4n) is 6.90. The Labute approximate surface area is 254 Å². The van der Waals surface area contributed by atoms with Crippen molar-refractivity contribution in [2.45, 2.75) is 24.0 Å². The van der Waals surface area contributed by atoms with Gasteiger partial charge in [0.1, 0.15) is 11.2 Å². The number of piperazine rings is 1. The number of benzene rings is 4. The molecule has 2 fully saturated rings. The molecule has 2 atom stereocenters. The maximum absolute atomic E-state index is 14.7. The molecule has 1 aromatic heterocycles. The van der Waals surface area contributed by atoms with Crippen LogP contribution in [0.1, 0.15) is 18.1 Å². The fraction of sp³-hybridized carbons (Fsp3) is 0.257. The van der Waals surface area contributed by atoms with Gasteiger partial charge in [0, 0.05) is 60.0 Å². The average Bonchev–Trinajstić information content (AvgIpc) is 3.61. The lowest BCUT2D eigenvalue weighted by molar-refractivity contribution is -0.124. The van der Waals surface area contributed by atoms with Gasteiger partial charge in [-0.3, -0.25) is 24.3 Å². The molecule has 1 spiro atoms. The molecule has 0 aliphatic carbocycles. The second-order valence-corrected chi connectivity index (χ2v) is 13.2. The molecule has 216 valence electrons. The lowest BCUT2D eigenvalue weighted by atomic mass is 10.0. The van der Waals surface area contributed by atoms with Crippen LogP contribution in [0.4, 0.5) is 17.1 Å². The number of carbonyl (C=O) groups excluding carboxylic acids is 2. The molecule has 3 aliphatic rings. The molecule has 0 saturated carbocycles. The number of rotatable bonds is 4. The van der Waals surface area contributed by atoms with Crippen LogP contribution in [0.5, 0.6) is 0 Å². The summed E-state index contributed by atoms with van der Waals surface area (Å²) >= 11 is 1.44. The van der Waals surface area contributed by atoms with Crippen molar-refractivity contribution in [3.05, 3.63) is 102 Å². The highest BCUT2D eigenvalue weighted by molar-refractivity contribution is 8.03. The van der Waals surface area contributed by atoms with Crippen LogP contribution in [-0.2, 0) is 14.5 Å². The van der Waals surface area contributed by atoms with E-state index in [1.165, 1.54) is 23.0 Å². The Morgan fingerprint density at radius 1 is 0.814 bits per heavy atom. The number of hydrogen-bond donors (Lipinski definition) is 0. The molecule has 7 nitrogen and oxygen atoms in total. The Bertz CT molecular complexity index is 1910. The largest absolute Gasteiger partial charge is 0.456 e. The number of aryl methyl sites for hydroxylation is 1. The summed E-state index contributed by atoms with van der Waals surface area (Å²) in [5, 5.41) is 1.65. The molecule has 0 unspecified atom stereocenters. The molecule has 43 heavy (non-hydrogen) atoms. The molecular formula is C35H32N4O3S. The Morgan fingerprint density at radius 2 is 1.58 bits per heavy atom. The summed E-state index contributed by atoms with van der Waals surface area (Å²) in [7, 11) is 0. The number of nitrogens with zero attached hydrogens (tertiary/aromatic N) is 4. The highest BCUT2D eigenvalue weighted by Crippen LogP contribution is 2.58. The smallest absolute Gasteiger partial charge is 0.269 e. The zero-order chi connectivity index (χ0) is 29.3. The van der Waals surface area contributed by atoms with Gasteiger partial charge in [-0.2, -0.15) is 0 Å². The van der Waals surface area contributed by atoms with Crippen molar-refractivity contribution in [2.75, 3.05) is 47.5 Å². The second kappa shape index (κ2) is 9.89. The number of amides is 2. The van der Waals surface area contributed by atoms with E-state index in [0.717, 1.165) is 53.8 Å². The Kier molecular flexibility index (Phi) is 6.07. The number of carbonyl (C=O) groups is 2. The zero-order valence-electron chi connectivity index (χ0n) is 24.2. The first-order valence-electron chi connectivity index (χ1n) is 14.8. The van der Waals surface area contributed by atoms with E-state index in [0.29, 0.717) is 17.9 Å². The summed E-state index contributed by atoms with van der Waals surface area (Å²) in [6.45, 7) is 8.00. The third-order valence-corrected chi connectivity index (χ3v) is 10.5. The molecule has 2 amide bonds. The minimum Gasteiger partial charge on any atom is -0.456 e. The lowest BCUT2D eigenvalue weighted by Gasteiger charge is -2.38. The monoisotopic (exact) mass is 588 g/mol. The third-order valence-electron chi connectivity index (χ3n) is 9.03. The highest BCUT2D eigenvalue weighted by Gasteiger charge is 2.63. The van der Waals surface area contributed by atoms with Gasteiger partial charge >= 0.3 is 0 Å². The summed E-state index contributed by atoms with van der Waals surface area (Å²) in [6, 6.07) is 30.4. The van der Waals surface area contributed by atoms with Gasteiger partial charge in [0.05, 0.1) is 17.6 Å². The standard InChI is InChI=1S/C35H32N4O3S/c1-23-8-7-9-25(20-23)37-18-16-36(17-19-37)22-38-30-12-5-4-11-29(30)35(34(38)41)39(33(40)24(2)43-35)26-14-15-28-27-10-3-6-13-31(27)42-32(28)21-26/h3-15,20-21,24H,16-19,22H2,1-2H3/t24-,35-/m1/s1. The van der Waals surface area contributed by atoms with E-state index in [-0.39, 0.29) is 17.1 Å². The number of anilines is 3. The molecule has 3 aliphatic heterocycles. The van der Waals surface area contributed by atoms with Gasteiger partial charge in [0.15, 0.2) is 0 Å². The van der Waals surface area contributed by atoms with Gasteiger partial charge < -0.3 is 9.32 Å². The molecule has 5 aromatic rings. The van der Waals surface area contributed by atoms with Crippen LogP contribution in [-0.4, -0.2) is 54.8 Å². The molecule has 8 heteroatoms. The van der Waals surface area contributed by atoms with E-state index in [1.54, 1.807) is 4.90 Å². The summed E-state index contributed by atoms with van der Waals surface area (Å²) in [4.78, 5) is 35.8. The summed E-state index contributed by atoms with van der Waals surface area (Å²) in [5.74, 6) is -0.139. The molecule has 4 aromatic carbocycles. The maximum Gasteiger partial charge on any atom is 0.269 e. The first kappa shape index (κ1) is 26.4. The molecule has 4 heterocycles. The predicted molar refractivity (Wildman–Crippen MR) is 174 cm³/mol. The van der Waals surface area contributed by atoms with E-state index in [4.69, 9.17) is 4.42 Å². The van der Waals surface area contributed by atoms with E-state index >= 15 is 0 Å².